The van der Waals surface area contributed by atoms with E-state index in [0.717, 1.165) is 77.0 Å². The molecular weight excluding hydrogens is 829 g/mol. The van der Waals surface area contributed by atoms with Crippen LogP contribution in [0, 0.1) is 0 Å². The van der Waals surface area contributed by atoms with E-state index in [0.29, 0.717) is 19.3 Å². The van der Waals surface area contributed by atoms with E-state index < -0.39 is 6.10 Å². The molecule has 0 radical (unpaired) electrons. The molecule has 0 aromatic heterocycles. The van der Waals surface area contributed by atoms with Crippen LogP contribution in [0.4, 0.5) is 0 Å². The molecule has 6 heteroatoms. The van der Waals surface area contributed by atoms with Crippen LogP contribution in [0.5, 0.6) is 0 Å². The number of unbranched alkanes of at least 4 members (excludes halogenated alkanes) is 25. The Morgan fingerprint density at radius 2 is 0.612 bits per heavy atom. The first-order valence-corrected chi connectivity index (χ1v) is 28.1. The summed E-state index contributed by atoms with van der Waals surface area (Å²) in [5.41, 5.74) is 0. The van der Waals surface area contributed by atoms with Gasteiger partial charge in [-0.1, -0.05) is 247 Å². The zero-order chi connectivity index (χ0) is 48.6. The predicted molar refractivity (Wildman–Crippen MR) is 288 cm³/mol. The summed E-state index contributed by atoms with van der Waals surface area (Å²) in [6.07, 6.45) is 71.5. The van der Waals surface area contributed by atoms with Crippen LogP contribution in [0.2, 0.25) is 0 Å². The van der Waals surface area contributed by atoms with Gasteiger partial charge in [0.2, 0.25) is 0 Å². The van der Waals surface area contributed by atoms with E-state index in [9.17, 15) is 14.4 Å². The summed E-state index contributed by atoms with van der Waals surface area (Å²) < 4.78 is 16.8. The van der Waals surface area contributed by atoms with Gasteiger partial charge >= 0.3 is 17.9 Å². The summed E-state index contributed by atoms with van der Waals surface area (Å²) in [6.45, 7) is 6.46. The van der Waals surface area contributed by atoms with Crippen molar-refractivity contribution in [1.29, 1.82) is 0 Å². The van der Waals surface area contributed by atoms with Gasteiger partial charge in [0.1, 0.15) is 13.2 Å². The Bertz CT molecular complexity index is 1300. The molecule has 6 nitrogen and oxygen atoms in total. The minimum atomic E-state index is -0.808. The van der Waals surface area contributed by atoms with E-state index >= 15 is 0 Å². The normalized spacial score (nSPS) is 12.7. The smallest absolute Gasteiger partial charge is 0.306 e. The SMILES string of the molecule is CC/C=C/C/C=C/C/C=C/C/C=C/C/C=C/C/C=C/CCC(=O)OC[C@@H](COC(=O)CCCCCCCCCCCCCCC)OC(=O)CCCCCCCCC/C=C/CCCCCCCC. The molecule has 0 N–H and O–H groups in total. The largest absolute Gasteiger partial charge is 0.462 e. The van der Waals surface area contributed by atoms with Crippen LogP contribution < -0.4 is 0 Å². The number of allylic oxidation sites excluding steroid dienone is 14. The Labute approximate surface area is 414 Å². The van der Waals surface area contributed by atoms with Crippen molar-refractivity contribution in [2.24, 2.45) is 0 Å². The number of esters is 3. The fourth-order valence-electron chi connectivity index (χ4n) is 7.70. The summed E-state index contributed by atoms with van der Waals surface area (Å²) in [5, 5.41) is 0. The highest BCUT2D eigenvalue weighted by atomic mass is 16.6. The van der Waals surface area contributed by atoms with Gasteiger partial charge in [-0.3, -0.25) is 14.4 Å². The quantitative estimate of drug-likeness (QED) is 0.0262. The van der Waals surface area contributed by atoms with Crippen molar-refractivity contribution < 1.29 is 28.6 Å². The van der Waals surface area contributed by atoms with Gasteiger partial charge in [-0.15, -0.1) is 0 Å². The molecule has 0 amide bonds. The zero-order valence-electron chi connectivity index (χ0n) is 43.9. The summed E-state index contributed by atoms with van der Waals surface area (Å²) in [5.74, 6) is -0.986. The highest BCUT2D eigenvalue weighted by Gasteiger charge is 2.19. The van der Waals surface area contributed by atoms with Gasteiger partial charge in [0.15, 0.2) is 6.10 Å². The maximum Gasteiger partial charge on any atom is 0.306 e. The molecule has 0 bridgehead atoms. The third kappa shape index (κ3) is 53.4. The second kappa shape index (κ2) is 55.2. The van der Waals surface area contributed by atoms with Gasteiger partial charge in [0.05, 0.1) is 0 Å². The van der Waals surface area contributed by atoms with Gasteiger partial charge < -0.3 is 14.2 Å². The van der Waals surface area contributed by atoms with Crippen LogP contribution in [0.1, 0.15) is 265 Å². The topological polar surface area (TPSA) is 78.9 Å². The Hall–Kier alpha value is -3.41. The Kier molecular flexibility index (Phi) is 52.4. The van der Waals surface area contributed by atoms with Crippen molar-refractivity contribution in [3.63, 3.8) is 0 Å². The van der Waals surface area contributed by atoms with Gasteiger partial charge in [-0.25, -0.2) is 0 Å². The van der Waals surface area contributed by atoms with Crippen molar-refractivity contribution in [2.75, 3.05) is 13.2 Å². The Morgan fingerprint density at radius 3 is 1.00 bits per heavy atom. The number of ether oxygens (including phenoxy) is 3. The number of carbonyl (C=O) groups is 3. The van der Waals surface area contributed by atoms with Crippen LogP contribution in [-0.4, -0.2) is 37.2 Å². The molecule has 0 heterocycles. The number of carbonyl (C=O) groups excluding carboxylic acids is 3. The van der Waals surface area contributed by atoms with Crippen LogP contribution in [0.15, 0.2) is 85.1 Å². The van der Waals surface area contributed by atoms with Gasteiger partial charge in [-0.2, -0.15) is 0 Å². The lowest BCUT2D eigenvalue weighted by molar-refractivity contribution is -0.166. The second-order valence-corrected chi connectivity index (χ2v) is 18.5. The fraction of sp³-hybridized carbons (Fsp3) is 0.721. The van der Waals surface area contributed by atoms with Crippen LogP contribution in [0.25, 0.3) is 0 Å². The van der Waals surface area contributed by atoms with Gasteiger partial charge in [0.25, 0.3) is 0 Å². The maximum absolute atomic E-state index is 12.8. The first-order chi connectivity index (χ1) is 33.0. The molecule has 0 unspecified atom stereocenters. The summed E-state index contributed by atoms with van der Waals surface area (Å²) in [6, 6.07) is 0. The van der Waals surface area contributed by atoms with Crippen molar-refractivity contribution in [2.45, 2.75) is 271 Å². The van der Waals surface area contributed by atoms with Gasteiger partial charge in [-0.05, 0) is 83.5 Å². The van der Waals surface area contributed by atoms with Gasteiger partial charge in [0, 0.05) is 19.3 Å². The minimum Gasteiger partial charge on any atom is -0.462 e. The summed E-state index contributed by atoms with van der Waals surface area (Å²) >= 11 is 0. The molecule has 67 heavy (non-hydrogen) atoms. The number of rotatable bonds is 50. The molecule has 0 spiro atoms. The summed E-state index contributed by atoms with van der Waals surface area (Å²) in [7, 11) is 0. The monoisotopic (exact) mass is 933 g/mol. The number of hydrogen-bond acceptors (Lipinski definition) is 6. The molecular formula is C61H104O6. The first kappa shape index (κ1) is 63.6. The maximum atomic E-state index is 12.8. The van der Waals surface area contributed by atoms with Crippen molar-refractivity contribution in [3.8, 4) is 0 Å². The predicted octanol–water partition coefficient (Wildman–Crippen LogP) is 18.8. The fourth-order valence-corrected chi connectivity index (χ4v) is 7.70. The third-order valence-corrected chi connectivity index (χ3v) is 11.9. The standard InChI is InChI=1S/C61H104O6/c1-4-7-10-13-16-19-22-25-27-29-30-32-33-36-39-42-45-48-51-54-60(63)66-57-58(56-65-59(62)53-50-47-44-41-38-35-24-21-18-15-12-9-6-3)67-61(64)55-52-49-46-43-40-37-34-31-28-26-23-20-17-14-11-8-5-2/h7,10,16,19,25-28,30,32,36,39,45,48,58H,4-6,8-9,11-15,17-18,20-24,29,31,33-35,37-38,40-44,46-47,49-57H2,1-3H3/b10-7+,19-16+,27-25+,28-26+,32-30+,39-36+,48-45+/t58-/m1/s1. The van der Waals surface area contributed by atoms with E-state index in [1.807, 2.05) is 6.08 Å². The van der Waals surface area contributed by atoms with E-state index in [4.69, 9.17) is 14.2 Å². The zero-order valence-corrected chi connectivity index (χ0v) is 43.9. The molecule has 0 aliphatic rings. The van der Waals surface area contributed by atoms with Crippen LogP contribution >= 0.6 is 0 Å². The van der Waals surface area contributed by atoms with E-state index in [1.165, 1.54) is 141 Å². The van der Waals surface area contributed by atoms with E-state index in [2.05, 4.69) is 99.8 Å². The molecule has 0 saturated carbocycles. The lowest BCUT2D eigenvalue weighted by atomic mass is 10.0. The lowest BCUT2D eigenvalue weighted by Crippen LogP contribution is -2.30. The Balaban J connectivity index is 4.49. The van der Waals surface area contributed by atoms with Crippen LogP contribution in [-0.2, 0) is 28.6 Å². The molecule has 0 aliphatic carbocycles. The van der Waals surface area contributed by atoms with Crippen molar-refractivity contribution in [3.05, 3.63) is 85.1 Å². The molecule has 0 aromatic carbocycles. The highest BCUT2D eigenvalue weighted by molar-refractivity contribution is 5.71. The first-order valence-electron chi connectivity index (χ1n) is 28.1. The molecule has 0 aromatic rings. The molecule has 0 saturated heterocycles. The van der Waals surface area contributed by atoms with Crippen molar-refractivity contribution in [1.82, 2.24) is 0 Å². The Morgan fingerprint density at radius 1 is 0.313 bits per heavy atom. The number of hydrogen-bond donors (Lipinski definition) is 0. The molecule has 1 atom stereocenters. The molecule has 0 aliphatic heterocycles. The molecule has 0 rings (SSSR count). The second-order valence-electron chi connectivity index (χ2n) is 18.5. The minimum absolute atomic E-state index is 0.0995. The van der Waals surface area contributed by atoms with Crippen LogP contribution in [0.3, 0.4) is 0 Å². The van der Waals surface area contributed by atoms with E-state index in [-0.39, 0.29) is 37.5 Å². The molecule has 0 fully saturated rings. The third-order valence-electron chi connectivity index (χ3n) is 11.9. The van der Waals surface area contributed by atoms with E-state index in [1.54, 1.807) is 0 Å². The van der Waals surface area contributed by atoms with Crippen molar-refractivity contribution >= 4 is 17.9 Å². The summed E-state index contributed by atoms with van der Waals surface area (Å²) in [4.78, 5) is 38.1. The molecule has 384 valence electrons. The average Bonchev–Trinajstić information content (AvgIpc) is 3.33. The highest BCUT2D eigenvalue weighted by Crippen LogP contribution is 2.15. The lowest BCUT2D eigenvalue weighted by Gasteiger charge is -2.18. The average molecular weight is 933 g/mol.